The fourth-order valence-electron chi connectivity index (χ4n) is 4.19. The summed E-state index contributed by atoms with van der Waals surface area (Å²) in [6, 6.07) is 23.1. The van der Waals surface area contributed by atoms with Crippen molar-refractivity contribution in [1.82, 2.24) is 4.90 Å². The van der Waals surface area contributed by atoms with E-state index in [2.05, 4.69) is 43.0 Å². The predicted octanol–water partition coefficient (Wildman–Crippen LogP) is 7.21. The van der Waals surface area contributed by atoms with Crippen molar-refractivity contribution < 1.29 is 14.7 Å². The van der Waals surface area contributed by atoms with Crippen LogP contribution in [-0.2, 0) is 28.1 Å². The molecule has 0 unspecified atom stereocenters. The highest BCUT2D eigenvalue weighted by Gasteiger charge is 2.36. The number of amides is 1. The third-order valence-corrected chi connectivity index (χ3v) is 6.79. The summed E-state index contributed by atoms with van der Waals surface area (Å²) in [7, 11) is 0. The molecule has 0 aromatic heterocycles. The van der Waals surface area contributed by atoms with Gasteiger partial charge in [-0.15, -0.1) is 0 Å². The minimum Gasteiger partial charge on any atom is -0.474 e. The summed E-state index contributed by atoms with van der Waals surface area (Å²) in [5, 5.41) is 9.99. The summed E-state index contributed by atoms with van der Waals surface area (Å²) in [4.78, 5) is 25.6. The second kappa shape index (κ2) is 13.1. The zero-order chi connectivity index (χ0) is 26.8. The number of carboxylic acid groups (broad SMARTS) is 1. The summed E-state index contributed by atoms with van der Waals surface area (Å²) in [6.45, 7) is 5.99. The highest BCUT2D eigenvalue weighted by molar-refractivity contribution is 6.31. The van der Waals surface area contributed by atoms with Crippen LogP contribution in [0.3, 0.4) is 0 Å². The molecule has 0 saturated heterocycles. The predicted molar refractivity (Wildman–Crippen MR) is 149 cm³/mol. The monoisotopic (exact) mass is 515 g/mol. The molecule has 37 heavy (non-hydrogen) atoms. The van der Waals surface area contributed by atoms with Crippen LogP contribution in [-0.4, -0.2) is 21.9 Å². The number of aliphatic carboxylic acids is 1. The van der Waals surface area contributed by atoms with Crippen LogP contribution in [0.25, 0.3) is 0 Å². The fourth-order valence-corrected chi connectivity index (χ4v) is 4.38. The van der Waals surface area contributed by atoms with Gasteiger partial charge in [0.05, 0.1) is 5.54 Å². The number of carboxylic acids is 1. The number of rotatable bonds is 9. The number of halogens is 1. The van der Waals surface area contributed by atoms with Crippen LogP contribution in [0.5, 0.6) is 0 Å². The Hall–Kier alpha value is -3.55. The van der Waals surface area contributed by atoms with E-state index in [-0.39, 0.29) is 6.54 Å². The van der Waals surface area contributed by atoms with Crippen molar-refractivity contribution >= 4 is 23.5 Å². The smallest absolute Gasteiger partial charge is 0.394 e. The number of hydrogen-bond acceptors (Lipinski definition) is 2. The quantitative estimate of drug-likeness (QED) is 0.186. The van der Waals surface area contributed by atoms with E-state index in [4.69, 9.17) is 11.6 Å². The topological polar surface area (TPSA) is 57.6 Å². The zero-order valence-corrected chi connectivity index (χ0v) is 22.5. The molecule has 0 heterocycles. The Morgan fingerprint density at radius 1 is 0.865 bits per heavy atom. The Morgan fingerprint density at radius 2 is 1.46 bits per heavy atom. The standard InChI is InChI=1S/C32H34ClNO3/c1-4-5-6-7-9-24-12-14-25(15-13-24)16-17-26-18-20-27(21-19-26)23-34(30(35)31(36)37)32(2,3)28-10-8-11-29(33)22-28/h8,10-15,18-22H,4-7,9,23H2,1-3H3,(H,36,37). The molecule has 4 nitrogen and oxygen atoms in total. The Kier molecular flexibility index (Phi) is 9.94. The van der Waals surface area contributed by atoms with Gasteiger partial charge in [0.1, 0.15) is 0 Å². The van der Waals surface area contributed by atoms with Crippen molar-refractivity contribution in [2.24, 2.45) is 0 Å². The molecule has 0 aliphatic carbocycles. The maximum atomic E-state index is 12.7. The largest absolute Gasteiger partial charge is 0.474 e. The maximum Gasteiger partial charge on any atom is 0.394 e. The Balaban J connectivity index is 1.71. The second-order valence-corrected chi connectivity index (χ2v) is 10.2. The molecule has 5 heteroatoms. The second-order valence-electron chi connectivity index (χ2n) is 9.72. The summed E-state index contributed by atoms with van der Waals surface area (Å²) in [5.74, 6) is 3.92. The van der Waals surface area contributed by atoms with Crippen molar-refractivity contribution in [2.45, 2.75) is 65.0 Å². The lowest BCUT2D eigenvalue weighted by Crippen LogP contribution is -2.48. The minimum absolute atomic E-state index is 0.137. The van der Waals surface area contributed by atoms with Gasteiger partial charge in [0.2, 0.25) is 0 Å². The molecule has 1 amide bonds. The lowest BCUT2D eigenvalue weighted by molar-refractivity contribution is -0.159. The third-order valence-electron chi connectivity index (χ3n) is 6.55. The third kappa shape index (κ3) is 7.97. The van der Waals surface area contributed by atoms with Gasteiger partial charge in [0, 0.05) is 22.7 Å². The summed E-state index contributed by atoms with van der Waals surface area (Å²) >= 11 is 6.15. The Morgan fingerprint density at radius 3 is 2.00 bits per heavy atom. The normalized spacial score (nSPS) is 10.9. The Labute approximate surface area is 225 Å². The molecule has 3 aromatic carbocycles. The molecular weight excluding hydrogens is 482 g/mol. The maximum absolute atomic E-state index is 12.7. The molecule has 0 fully saturated rings. The molecule has 0 bridgehead atoms. The van der Waals surface area contributed by atoms with Crippen molar-refractivity contribution in [2.75, 3.05) is 0 Å². The molecule has 0 radical (unpaired) electrons. The van der Waals surface area contributed by atoms with E-state index >= 15 is 0 Å². The van der Waals surface area contributed by atoms with Gasteiger partial charge in [-0.1, -0.05) is 86.0 Å². The van der Waals surface area contributed by atoms with Gasteiger partial charge < -0.3 is 10.0 Å². The van der Waals surface area contributed by atoms with E-state index in [9.17, 15) is 14.7 Å². The van der Waals surface area contributed by atoms with E-state index < -0.39 is 17.4 Å². The fraction of sp³-hybridized carbons (Fsp3) is 0.312. The van der Waals surface area contributed by atoms with E-state index in [0.29, 0.717) is 5.02 Å². The molecule has 192 valence electrons. The van der Waals surface area contributed by atoms with Gasteiger partial charge in [-0.2, -0.15) is 0 Å². The van der Waals surface area contributed by atoms with Gasteiger partial charge in [0.25, 0.3) is 0 Å². The highest BCUT2D eigenvalue weighted by Crippen LogP contribution is 2.31. The first-order valence-electron chi connectivity index (χ1n) is 12.7. The minimum atomic E-state index is -1.50. The average molecular weight is 516 g/mol. The van der Waals surface area contributed by atoms with Crippen LogP contribution in [0.1, 0.15) is 74.3 Å². The van der Waals surface area contributed by atoms with Crippen LogP contribution in [0.2, 0.25) is 5.02 Å². The van der Waals surface area contributed by atoms with Gasteiger partial charge in [-0.25, -0.2) is 4.79 Å². The number of nitrogens with zero attached hydrogens (tertiary/aromatic N) is 1. The van der Waals surface area contributed by atoms with E-state index in [1.54, 1.807) is 18.2 Å². The van der Waals surface area contributed by atoms with E-state index in [1.165, 1.54) is 36.1 Å². The molecule has 1 N–H and O–H groups in total. The van der Waals surface area contributed by atoms with Crippen molar-refractivity contribution in [3.05, 3.63) is 106 Å². The van der Waals surface area contributed by atoms with Crippen LogP contribution < -0.4 is 0 Å². The van der Waals surface area contributed by atoms with E-state index in [1.807, 2.05) is 44.2 Å². The van der Waals surface area contributed by atoms with Crippen molar-refractivity contribution in [3.63, 3.8) is 0 Å². The molecule has 0 aliphatic rings. The number of aryl methyl sites for hydroxylation is 1. The first-order chi connectivity index (χ1) is 17.7. The lowest BCUT2D eigenvalue weighted by atomic mass is 9.91. The highest BCUT2D eigenvalue weighted by atomic mass is 35.5. The Bertz CT molecular complexity index is 1270. The average Bonchev–Trinajstić information content (AvgIpc) is 2.89. The number of carbonyl (C=O) groups is 2. The SMILES string of the molecule is CCCCCCc1ccc(C#Cc2ccc(CN(C(=O)C(=O)O)C(C)(C)c3cccc(Cl)c3)cc2)cc1. The number of unbranched alkanes of at least 4 members (excludes halogenated alkanes) is 3. The number of hydrogen-bond donors (Lipinski definition) is 1. The molecule has 0 spiro atoms. The zero-order valence-electron chi connectivity index (χ0n) is 21.8. The van der Waals surface area contributed by atoms with E-state index in [0.717, 1.165) is 28.7 Å². The number of carbonyl (C=O) groups excluding carboxylic acids is 1. The molecule has 0 saturated carbocycles. The summed E-state index contributed by atoms with van der Waals surface area (Å²) in [6.07, 6.45) is 6.13. The summed E-state index contributed by atoms with van der Waals surface area (Å²) < 4.78 is 0. The molecule has 0 aliphatic heterocycles. The van der Waals surface area contributed by atoms with Gasteiger partial charge in [0.15, 0.2) is 0 Å². The van der Waals surface area contributed by atoms with Crippen molar-refractivity contribution in [1.29, 1.82) is 0 Å². The lowest BCUT2D eigenvalue weighted by Gasteiger charge is -2.38. The van der Waals surface area contributed by atoms with Crippen LogP contribution in [0.4, 0.5) is 0 Å². The van der Waals surface area contributed by atoms with Crippen LogP contribution in [0, 0.1) is 11.8 Å². The van der Waals surface area contributed by atoms with Crippen LogP contribution in [0.15, 0.2) is 72.8 Å². The van der Waals surface area contributed by atoms with Gasteiger partial charge in [-0.05, 0) is 79.8 Å². The molecule has 0 atom stereocenters. The van der Waals surface area contributed by atoms with Gasteiger partial charge >= 0.3 is 11.9 Å². The van der Waals surface area contributed by atoms with Crippen molar-refractivity contribution in [3.8, 4) is 11.8 Å². The molecule has 3 rings (SSSR count). The molecular formula is C32H34ClNO3. The van der Waals surface area contributed by atoms with Crippen LogP contribution >= 0.6 is 11.6 Å². The van der Waals surface area contributed by atoms with Gasteiger partial charge in [-0.3, -0.25) is 4.79 Å². The molecule has 3 aromatic rings. The first-order valence-corrected chi connectivity index (χ1v) is 13.1. The number of benzene rings is 3. The summed E-state index contributed by atoms with van der Waals surface area (Å²) in [5.41, 5.74) is 3.82. The first kappa shape index (κ1) is 28.0.